The van der Waals surface area contributed by atoms with Crippen molar-refractivity contribution in [2.75, 3.05) is 17.2 Å². The number of benzene rings is 1. The number of hydrogen-bond acceptors (Lipinski definition) is 17. The Bertz CT molecular complexity index is 2180. The van der Waals surface area contributed by atoms with Gasteiger partial charge in [0, 0.05) is 22.4 Å². The number of hydrogen-bond donors (Lipinski definition) is 7. The number of oxime groups is 1. The number of aromatic carboxylic acids is 1. The number of fused-ring (bicyclic) bond motifs is 2. The molecule has 2 aliphatic heterocycles. The largest absolute Gasteiger partial charge is 0.504 e. The third-order valence-electron chi connectivity index (χ3n) is 7.37. The van der Waals surface area contributed by atoms with Crippen LogP contribution in [0.15, 0.2) is 51.2 Å². The zero-order chi connectivity index (χ0) is 36.6. The number of nitrogens with zero attached hydrogens (tertiary/aromatic N) is 7. The Kier molecular flexibility index (Phi) is 9.67. The van der Waals surface area contributed by atoms with E-state index in [2.05, 4.69) is 30.8 Å². The number of carbonyl (C=O) groups excluding carboxylic acids is 2. The molecule has 0 unspecified atom stereocenters. The summed E-state index contributed by atoms with van der Waals surface area (Å²) in [6.45, 7) is -0.513. The minimum absolute atomic E-state index is 0.0160. The summed E-state index contributed by atoms with van der Waals surface area (Å²) in [6.07, 6.45) is 1.01. The van der Waals surface area contributed by atoms with Gasteiger partial charge in [0.1, 0.15) is 40.0 Å². The Morgan fingerprint density at radius 2 is 1.90 bits per heavy atom. The highest BCUT2D eigenvalue weighted by Gasteiger charge is 2.54. The number of carboxylic acids is 3. The van der Waals surface area contributed by atoms with Crippen LogP contribution in [0.2, 0.25) is 0 Å². The lowest BCUT2D eigenvalue weighted by molar-refractivity contribution is -0.150. The van der Waals surface area contributed by atoms with E-state index in [4.69, 9.17) is 15.7 Å². The van der Waals surface area contributed by atoms with Crippen LogP contribution in [0.1, 0.15) is 27.3 Å². The molecule has 0 radical (unpaired) electrons. The first-order valence-corrected chi connectivity index (χ1v) is 17.2. The summed E-state index contributed by atoms with van der Waals surface area (Å²) in [5.41, 5.74) is 5.41. The predicted molar refractivity (Wildman–Crippen MR) is 177 cm³/mol. The van der Waals surface area contributed by atoms with Gasteiger partial charge >= 0.3 is 17.9 Å². The van der Waals surface area contributed by atoms with Gasteiger partial charge in [-0.15, -0.1) is 40.0 Å². The number of anilines is 1. The van der Waals surface area contributed by atoms with Gasteiger partial charge in [0.2, 0.25) is 0 Å². The lowest BCUT2D eigenvalue weighted by Crippen LogP contribution is -2.71. The summed E-state index contributed by atoms with van der Waals surface area (Å²) < 4.78 is 1.39. The molecule has 6 rings (SSSR count). The average molecular weight is 758 g/mol. The predicted octanol–water partition coefficient (Wildman–Crippen LogP) is 0.351. The van der Waals surface area contributed by atoms with Crippen LogP contribution in [0.25, 0.3) is 5.65 Å². The van der Waals surface area contributed by atoms with Crippen molar-refractivity contribution in [2.24, 2.45) is 5.16 Å². The van der Waals surface area contributed by atoms with E-state index >= 15 is 0 Å². The molecule has 4 aromatic rings. The maximum absolute atomic E-state index is 13.5. The first-order valence-electron chi connectivity index (χ1n) is 14.3. The second-order valence-electron chi connectivity index (χ2n) is 10.6. The molecule has 1 aromatic carbocycles. The highest BCUT2D eigenvalue weighted by Crippen LogP contribution is 2.42. The molecular weight excluding hydrogens is 735 g/mol. The van der Waals surface area contributed by atoms with Crippen LogP contribution in [-0.4, -0.2) is 114 Å². The maximum atomic E-state index is 13.5. The number of rotatable bonds is 13. The number of aliphatic carboxylic acids is 2. The van der Waals surface area contributed by atoms with Gasteiger partial charge in [-0.05, 0) is 17.7 Å². The molecule has 264 valence electrons. The van der Waals surface area contributed by atoms with Gasteiger partial charge in [-0.1, -0.05) is 16.4 Å². The third-order valence-corrected chi connectivity index (χ3v) is 10.5. The van der Waals surface area contributed by atoms with E-state index in [9.17, 15) is 44.4 Å². The smallest absolute Gasteiger partial charge is 0.352 e. The normalized spacial score (nSPS) is 17.2. The molecule has 0 bridgehead atoms. The first kappa shape index (κ1) is 34.9. The molecular formula is C28H23N9O11S3. The van der Waals surface area contributed by atoms with Crippen LogP contribution in [-0.2, 0) is 37.0 Å². The number of carboxylic acid groups (broad SMARTS) is 3. The first-order chi connectivity index (χ1) is 24.3. The molecule has 2 atom stereocenters. The summed E-state index contributed by atoms with van der Waals surface area (Å²) >= 11 is 3.36. The van der Waals surface area contributed by atoms with E-state index in [1.807, 2.05) is 0 Å². The van der Waals surface area contributed by atoms with Crippen molar-refractivity contribution in [3.8, 4) is 11.5 Å². The fraction of sp³-hybridized carbons (Fsp3) is 0.214. The molecule has 2 aliphatic rings. The summed E-state index contributed by atoms with van der Waals surface area (Å²) in [7, 11) is 0. The molecule has 8 N–H and O–H groups in total. The van der Waals surface area contributed by atoms with Crippen LogP contribution in [0.5, 0.6) is 11.5 Å². The number of amides is 2. The van der Waals surface area contributed by atoms with Gasteiger partial charge in [-0.3, -0.25) is 19.3 Å². The van der Waals surface area contributed by atoms with Crippen LogP contribution in [0, 0.1) is 0 Å². The molecule has 23 heteroatoms. The van der Waals surface area contributed by atoms with Crippen LogP contribution in [0.3, 0.4) is 0 Å². The van der Waals surface area contributed by atoms with Crippen molar-refractivity contribution >= 4 is 81.1 Å². The number of carbonyl (C=O) groups is 5. The molecule has 5 heterocycles. The summed E-state index contributed by atoms with van der Waals surface area (Å²) in [4.78, 5) is 76.3. The van der Waals surface area contributed by atoms with Gasteiger partial charge in [-0.25, -0.2) is 19.6 Å². The Labute approximate surface area is 296 Å². The number of nitrogens with one attached hydrogen (secondary N) is 1. The molecule has 51 heavy (non-hydrogen) atoms. The number of thioether (sulfide) groups is 2. The molecule has 0 spiro atoms. The SMILES string of the molecule is Nc1nc(/C(=N/OCc2ccc(C(=O)O)c(O)c2O)C(=O)N[C@@H]2C(=O)N3C(C(=O)O)=C(CSc4cc(CC(=O)O)nc5cnnn45)CS[C@H]23)cs1. The topological polar surface area (TPSA) is 305 Å². The van der Waals surface area contributed by atoms with E-state index in [0.717, 1.165) is 34.1 Å². The number of aromatic nitrogens is 5. The van der Waals surface area contributed by atoms with E-state index in [1.165, 1.54) is 40.0 Å². The minimum Gasteiger partial charge on any atom is -0.504 e. The van der Waals surface area contributed by atoms with Crippen LogP contribution < -0.4 is 11.1 Å². The zero-order valence-corrected chi connectivity index (χ0v) is 27.9. The Morgan fingerprint density at radius 1 is 1.12 bits per heavy atom. The van der Waals surface area contributed by atoms with Crippen molar-refractivity contribution in [2.45, 2.75) is 29.5 Å². The average Bonchev–Trinajstić information content (AvgIpc) is 3.74. The van der Waals surface area contributed by atoms with Crippen molar-refractivity contribution in [1.82, 2.24) is 35.0 Å². The van der Waals surface area contributed by atoms with Gasteiger partial charge in [0.05, 0.1) is 18.3 Å². The van der Waals surface area contributed by atoms with E-state index < -0.39 is 70.5 Å². The summed E-state index contributed by atoms with van der Waals surface area (Å²) in [5, 5.41) is 63.9. The fourth-order valence-corrected chi connectivity index (χ4v) is 8.09. The zero-order valence-electron chi connectivity index (χ0n) is 25.5. The van der Waals surface area contributed by atoms with Gasteiger partial charge < -0.3 is 41.4 Å². The molecule has 0 saturated carbocycles. The quantitative estimate of drug-likeness (QED) is 0.0242. The third kappa shape index (κ3) is 6.93. The van der Waals surface area contributed by atoms with Gasteiger partial charge in [0.25, 0.3) is 11.8 Å². The number of phenols is 2. The van der Waals surface area contributed by atoms with Gasteiger partial charge in [0.15, 0.2) is 28.0 Å². The van der Waals surface area contributed by atoms with Crippen molar-refractivity contribution in [3.05, 3.63) is 63.6 Å². The molecule has 0 aliphatic carbocycles. The molecule has 1 saturated heterocycles. The molecule has 20 nitrogen and oxygen atoms in total. The number of nitrogens with two attached hydrogens (primary N) is 1. The number of aromatic hydroxyl groups is 2. The highest BCUT2D eigenvalue weighted by molar-refractivity contribution is 8.01. The Balaban J connectivity index is 1.18. The maximum Gasteiger partial charge on any atom is 0.352 e. The molecule has 1 fully saturated rings. The lowest BCUT2D eigenvalue weighted by atomic mass is 10.0. The number of nitrogen functional groups attached to an aromatic ring is 1. The fourth-order valence-electron chi connectivity index (χ4n) is 5.04. The monoisotopic (exact) mass is 757 g/mol. The van der Waals surface area contributed by atoms with E-state index in [-0.39, 0.29) is 45.7 Å². The second-order valence-corrected chi connectivity index (χ2v) is 13.6. The van der Waals surface area contributed by atoms with Crippen LogP contribution in [0.4, 0.5) is 5.13 Å². The van der Waals surface area contributed by atoms with Crippen molar-refractivity contribution < 1.29 is 54.3 Å². The number of thiazole rings is 1. The molecule has 3 aromatic heterocycles. The number of β-lactam (4-membered cyclic amide) rings is 1. The minimum atomic E-state index is -1.47. The van der Waals surface area contributed by atoms with Crippen LogP contribution >= 0.6 is 34.9 Å². The van der Waals surface area contributed by atoms with E-state index in [0.29, 0.717) is 16.2 Å². The highest BCUT2D eigenvalue weighted by atomic mass is 32.2. The summed E-state index contributed by atoms with van der Waals surface area (Å²) in [5.74, 6) is -6.92. The Hall–Kier alpha value is -5.94. The van der Waals surface area contributed by atoms with Crippen molar-refractivity contribution in [1.29, 1.82) is 0 Å². The number of phenolic OH excluding ortho intramolecular Hbond substituents is 1. The van der Waals surface area contributed by atoms with E-state index in [1.54, 1.807) is 0 Å². The second kappa shape index (κ2) is 14.1. The lowest BCUT2D eigenvalue weighted by Gasteiger charge is -2.49. The Morgan fingerprint density at radius 3 is 2.59 bits per heavy atom. The standard InChI is InChI=1S/C28H23N9O11S3/c29-28-32-14(9-51-28)18(34-48-6-10-1-2-13(26(44)45)22(41)21(10)40)23(42)33-19-24(43)36-20(27(46)47)11(8-50-25(19)36)7-49-16-3-12(4-17(38)39)31-15-5-30-35-37(15)16/h1-3,5,9,19,25,40-41H,4,6-8H2,(H2,29,32)(H,33,42)(H,38,39)(H,44,45)(H,46,47)/b34-18-/t19-,25-/m1/s1. The molecule has 2 amide bonds. The van der Waals surface area contributed by atoms with Gasteiger partial charge in [-0.2, -0.15) is 4.52 Å². The summed E-state index contributed by atoms with van der Waals surface area (Å²) in [6, 6.07) is 2.58. The van der Waals surface area contributed by atoms with Crippen molar-refractivity contribution in [3.63, 3.8) is 0 Å².